The first-order valence-electron chi connectivity index (χ1n) is 15.8. The summed E-state index contributed by atoms with van der Waals surface area (Å²) in [6.45, 7) is 16.2. The first kappa shape index (κ1) is 29.4. The molecule has 8 heteroatoms. The number of rotatable bonds is 9. The maximum atomic E-state index is 11.3. The van der Waals surface area contributed by atoms with Gasteiger partial charge in [-0.2, -0.15) is 4.80 Å². The largest absolute Gasteiger partial charge is 0.507 e. The molecule has 0 saturated heterocycles. The second kappa shape index (κ2) is 10.8. The van der Waals surface area contributed by atoms with Gasteiger partial charge in [0.05, 0.1) is 12.6 Å². The van der Waals surface area contributed by atoms with E-state index in [9.17, 15) is 5.11 Å². The van der Waals surface area contributed by atoms with Crippen molar-refractivity contribution in [2.45, 2.75) is 104 Å². The van der Waals surface area contributed by atoms with Gasteiger partial charge in [0.25, 0.3) is 5.95 Å². The van der Waals surface area contributed by atoms with E-state index in [4.69, 9.17) is 4.98 Å². The van der Waals surface area contributed by atoms with Gasteiger partial charge in [0.1, 0.15) is 11.6 Å². The summed E-state index contributed by atoms with van der Waals surface area (Å²) in [5.41, 5.74) is 5.93. The normalized spacial score (nSPS) is 15.8. The van der Waals surface area contributed by atoms with Crippen LogP contribution in [0.1, 0.15) is 95.0 Å². The summed E-state index contributed by atoms with van der Waals surface area (Å²) in [7, 11) is 1.80. The summed E-state index contributed by atoms with van der Waals surface area (Å²) in [6, 6.07) is 13.5. The highest BCUT2D eigenvalue weighted by atomic mass is 16.3. The molecule has 0 bridgehead atoms. The number of phenols is 1. The number of aromatic hydroxyl groups is 1. The fraction of sp³-hybridized carbons (Fsp3) is 0.543. The van der Waals surface area contributed by atoms with Crippen molar-refractivity contribution in [1.82, 2.24) is 25.2 Å². The summed E-state index contributed by atoms with van der Waals surface area (Å²) in [5, 5.41) is 29.7. The fourth-order valence-electron chi connectivity index (χ4n) is 6.28. The van der Waals surface area contributed by atoms with Gasteiger partial charge in [0, 0.05) is 30.1 Å². The molecule has 4 aromatic rings. The van der Waals surface area contributed by atoms with Crippen LogP contribution in [0.4, 0.5) is 11.8 Å². The lowest BCUT2D eigenvalue weighted by Crippen LogP contribution is -2.28. The number of aryl methyl sites for hydroxylation is 2. The van der Waals surface area contributed by atoms with Crippen LogP contribution in [-0.2, 0) is 31.0 Å². The Morgan fingerprint density at radius 3 is 2.12 bits per heavy atom. The van der Waals surface area contributed by atoms with Crippen molar-refractivity contribution in [3.8, 4) is 5.75 Å². The molecule has 2 heterocycles. The quantitative estimate of drug-likeness (QED) is 0.216. The van der Waals surface area contributed by atoms with Crippen LogP contribution < -0.4 is 10.2 Å². The minimum atomic E-state index is -0.215. The number of anilines is 2. The zero-order valence-electron chi connectivity index (χ0n) is 27.1. The van der Waals surface area contributed by atoms with E-state index in [0.717, 1.165) is 50.8 Å². The minimum Gasteiger partial charge on any atom is -0.507 e. The Morgan fingerprint density at radius 1 is 0.953 bits per heavy atom. The van der Waals surface area contributed by atoms with Gasteiger partial charge in [-0.3, -0.25) is 0 Å². The van der Waals surface area contributed by atoms with Crippen LogP contribution in [0.5, 0.6) is 5.75 Å². The van der Waals surface area contributed by atoms with Crippen LogP contribution in [0.25, 0.3) is 10.9 Å². The number of para-hydroxylation sites is 1. The third-order valence-corrected chi connectivity index (χ3v) is 8.99. The van der Waals surface area contributed by atoms with E-state index in [1.54, 1.807) is 7.05 Å². The molecule has 8 nitrogen and oxygen atoms in total. The zero-order valence-corrected chi connectivity index (χ0v) is 27.1. The molecule has 2 aliphatic carbocycles. The van der Waals surface area contributed by atoms with Gasteiger partial charge in [-0.25, -0.2) is 4.98 Å². The van der Waals surface area contributed by atoms with Crippen molar-refractivity contribution >= 4 is 22.7 Å². The minimum absolute atomic E-state index is 0.215. The number of pyridine rings is 1. The standard InChI is InChI=1S/C35H47N7O/c1-21-10-9-11-25-18-26(32(36-29(21)25)37-30(23-12-13-23)24-14-15-24)20-42(33-38-40-41(8)39-33)19-22-16-27(34(2,3)4)31(43)28(17-22)35(5,6)7/h9-11,16-18,23-24,30,43H,12-15,19-20H2,1-8H3,(H,36,37). The Bertz CT molecular complexity index is 1590. The average molecular weight is 582 g/mol. The van der Waals surface area contributed by atoms with Crippen LogP contribution in [0.2, 0.25) is 0 Å². The predicted molar refractivity (Wildman–Crippen MR) is 174 cm³/mol. The number of phenolic OH excluding ortho intramolecular Hbond substituents is 1. The lowest BCUT2D eigenvalue weighted by Gasteiger charge is -2.30. The average Bonchev–Trinajstić information content (AvgIpc) is 3.86. The van der Waals surface area contributed by atoms with E-state index >= 15 is 0 Å². The lowest BCUT2D eigenvalue weighted by atomic mass is 9.78. The van der Waals surface area contributed by atoms with Gasteiger partial charge in [0.15, 0.2) is 0 Å². The van der Waals surface area contributed by atoms with Crippen molar-refractivity contribution in [1.29, 1.82) is 0 Å². The maximum Gasteiger partial charge on any atom is 0.266 e. The number of aromatic nitrogens is 5. The molecule has 0 atom stereocenters. The zero-order chi connectivity index (χ0) is 30.7. The number of benzene rings is 2. The van der Waals surface area contributed by atoms with E-state index in [1.165, 1.54) is 36.0 Å². The molecular formula is C35H47N7O. The highest BCUT2D eigenvalue weighted by Gasteiger charge is 2.42. The molecule has 0 aliphatic heterocycles. The van der Waals surface area contributed by atoms with Gasteiger partial charge in [0.2, 0.25) is 0 Å². The first-order valence-corrected chi connectivity index (χ1v) is 15.8. The third-order valence-electron chi connectivity index (χ3n) is 8.99. The molecule has 0 amide bonds. The van der Waals surface area contributed by atoms with Crippen molar-refractivity contribution in [3.05, 3.63) is 64.2 Å². The summed E-state index contributed by atoms with van der Waals surface area (Å²) >= 11 is 0. The van der Waals surface area contributed by atoms with E-state index in [2.05, 4.69) is 110 Å². The highest BCUT2D eigenvalue weighted by molar-refractivity contribution is 5.84. The number of fused-ring (bicyclic) bond motifs is 1. The number of hydrogen-bond acceptors (Lipinski definition) is 7. The monoisotopic (exact) mass is 581 g/mol. The second-order valence-corrected chi connectivity index (χ2v) is 15.0. The maximum absolute atomic E-state index is 11.3. The van der Waals surface area contributed by atoms with Crippen LogP contribution in [0.3, 0.4) is 0 Å². The van der Waals surface area contributed by atoms with Gasteiger partial charge < -0.3 is 15.3 Å². The molecule has 2 N–H and O–H groups in total. The molecule has 0 radical (unpaired) electrons. The van der Waals surface area contributed by atoms with E-state index in [1.807, 2.05) is 0 Å². The Morgan fingerprint density at radius 2 is 1.58 bits per heavy atom. The summed E-state index contributed by atoms with van der Waals surface area (Å²) in [4.78, 5) is 8.96. The Kier molecular flexibility index (Phi) is 7.38. The number of nitrogens with zero attached hydrogens (tertiary/aromatic N) is 6. The summed E-state index contributed by atoms with van der Waals surface area (Å²) in [5.74, 6) is 3.42. The van der Waals surface area contributed by atoms with E-state index < -0.39 is 0 Å². The molecule has 43 heavy (non-hydrogen) atoms. The number of nitrogens with one attached hydrogen (secondary N) is 1. The molecule has 2 aromatic heterocycles. The van der Waals surface area contributed by atoms with Gasteiger partial charge in [-0.05, 0) is 101 Å². The lowest BCUT2D eigenvalue weighted by molar-refractivity contribution is 0.422. The van der Waals surface area contributed by atoms with Crippen molar-refractivity contribution < 1.29 is 5.11 Å². The van der Waals surface area contributed by atoms with E-state index in [0.29, 0.717) is 30.8 Å². The Labute approximate surface area is 255 Å². The molecule has 6 rings (SSSR count). The van der Waals surface area contributed by atoms with Crippen LogP contribution in [0.15, 0.2) is 36.4 Å². The molecule has 0 unspecified atom stereocenters. The summed E-state index contributed by atoms with van der Waals surface area (Å²) < 4.78 is 0. The van der Waals surface area contributed by atoms with Crippen molar-refractivity contribution in [3.63, 3.8) is 0 Å². The van der Waals surface area contributed by atoms with Crippen LogP contribution in [0, 0.1) is 18.8 Å². The fourth-order valence-corrected chi connectivity index (χ4v) is 6.28. The third kappa shape index (κ3) is 6.34. The Balaban J connectivity index is 1.43. The molecule has 2 fully saturated rings. The number of hydrogen-bond donors (Lipinski definition) is 2. The first-order chi connectivity index (χ1) is 20.3. The van der Waals surface area contributed by atoms with Crippen molar-refractivity contribution in [2.75, 3.05) is 10.2 Å². The smallest absolute Gasteiger partial charge is 0.266 e. The Hall–Kier alpha value is -3.68. The van der Waals surface area contributed by atoms with Crippen LogP contribution in [-0.4, -0.2) is 36.3 Å². The molecule has 0 spiro atoms. The topological polar surface area (TPSA) is 92.0 Å². The predicted octanol–water partition coefficient (Wildman–Crippen LogP) is 7.17. The van der Waals surface area contributed by atoms with Crippen LogP contribution >= 0.6 is 0 Å². The van der Waals surface area contributed by atoms with Gasteiger partial charge in [-0.1, -0.05) is 64.8 Å². The molecular weight excluding hydrogens is 534 g/mol. The van der Waals surface area contributed by atoms with E-state index in [-0.39, 0.29) is 10.8 Å². The SMILES string of the molecule is Cc1cccc2cc(CN(Cc3cc(C(C)(C)C)c(O)c(C(C)(C)C)c3)c3nnn(C)n3)c(NC(C3CC3)C3CC3)nc12. The summed E-state index contributed by atoms with van der Waals surface area (Å²) in [6.07, 6.45) is 5.22. The molecule has 228 valence electrons. The molecule has 2 saturated carbocycles. The number of tetrazole rings is 1. The van der Waals surface area contributed by atoms with Gasteiger partial charge in [-0.15, -0.1) is 5.10 Å². The highest BCUT2D eigenvalue weighted by Crippen LogP contribution is 2.46. The second-order valence-electron chi connectivity index (χ2n) is 15.0. The van der Waals surface area contributed by atoms with Gasteiger partial charge >= 0.3 is 0 Å². The molecule has 2 aromatic carbocycles. The van der Waals surface area contributed by atoms with Crippen molar-refractivity contribution in [2.24, 2.45) is 18.9 Å². The molecule has 2 aliphatic rings.